The summed E-state index contributed by atoms with van der Waals surface area (Å²) in [6.07, 6.45) is -5.89. The molecule has 0 saturated carbocycles. The summed E-state index contributed by atoms with van der Waals surface area (Å²) >= 11 is 0. The van der Waals surface area contributed by atoms with Crippen molar-refractivity contribution in [2.24, 2.45) is 0 Å². The number of alkyl halides is 5. The molecule has 0 aliphatic carbocycles. The van der Waals surface area contributed by atoms with Crippen molar-refractivity contribution in [1.29, 1.82) is 0 Å². The van der Waals surface area contributed by atoms with Crippen molar-refractivity contribution >= 4 is 5.91 Å². The van der Waals surface area contributed by atoms with Crippen LogP contribution < -0.4 is 10.6 Å². The third-order valence-electron chi connectivity index (χ3n) is 3.00. The molecule has 20 heavy (non-hydrogen) atoms. The van der Waals surface area contributed by atoms with Crippen LogP contribution in [0.5, 0.6) is 0 Å². The summed E-state index contributed by atoms with van der Waals surface area (Å²) in [7, 11) is 0. The zero-order valence-corrected chi connectivity index (χ0v) is 10.2. The topological polar surface area (TPSA) is 41.1 Å². The molecule has 1 aromatic rings. The third kappa shape index (κ3) is 2.74. The highest BCUT2D eigenvalue weighted by atomic mass is 19.4. The molecule has 2 rings (SSSR count). The largest absolute Gasteiger partial charge is 0.463 e. The molecule has 1 aromatic carbocycles. The van der Waals surface area contributed by atoms with Crippen LogP contribution in [0.3, 0.4) is 0 Å². The molecule has 0 bridgehead atoms. The minimum Gasteiger partial charge on any atom is -0.346 e. The lowest BCUT2D eigenvalue weighted by Crippen LogP contribution is -2.50. The van der Waals surface area contributed by atoms with Crippen LogP contribution in [0.15, 0.2) is 18.2 Å². The van der Waals surface area contributed by atoms with Gasteiger partial charge in [0, 0.05) is 19.6 Å². The van der Waals surface area contributed by atoms with E-state index in [4.69, 9.17) is 0 Å². The fraction of sp³-hybridized carbons (Fsp3) is 0.417. The highest BCUT2D eigenvalue weighted by Crippen LogP contribution is 2.35. The molecule has 110 valence electrons. The Morgan fingerprint density at radius 2 is 1.80 bits per heavy atom. The summed E-state index contributed by atoms with van der Waals surface area (Å²) < 4.78 is 61.3. The molecular weight excluding hydrogens is 283 g/mol. The Morgan fingerprint density at radius 3 is 2.45 bits per heavy atom. The fourth-order valence-electron chi connectivity index (χ4n) is 1.88. The van der Waals surface area contributed by atoms with Gasteiger partial charge in [0.2, 0.25) is 0 Å². The number of rotatable bonds is 3. The molecule has 1 aliphatic rings. The summed E-state index contributed by atoms with van der Waals surface area (Å²) in [5, 5.41) is 4.68. The van der Waals surface area contributed by atoms with Gasteiger partial charge < -0.3 is 10.6 Å². The molecule has 3 nitrogen and oxygen atoms in total. The normalized spacial score (nSPS) is 15.1. The van der Waals surface area contributed by atoms with Crippen LogP contribution in [0.2, 0.25) is 0 Å². The number of halogens is 5. The van der Waals surface area contributed by atoms with E-state index in [1.807, 2.05) is 0 Å². The van der Waals surface area contributed by atoms with Gasteiger partial charge in [-0.05, 0) is 16.7 Å². The van der Waals surface area contributed by atoms with Crippen LogP contribution in [0.25, 0.3) is 0 Å². The maximum atomic E-state index is 12.7. The predicted molar refractivity (Wildman–Crippen MR) is 59.8 cm³/mol. The molecule has 0 saturated heterocycles. The first kappa shape index (κ1) is 14.7. The zero-order valence-electron chi connectivity index (χ0n) is 10.2. The van der Waals surface area contributed by atoms with Crippen molar-refractivity contribution in [2.45, 2.75) is 31.7 Å². The molecule has 0 aromatic heterocycles. The van der Waals surface area contributed by atoms with Gasteiger partial charge in [-0.3, -0.25) is 4.79 Å². The minimum absolute atomic E-state index is 0.377. The second-order valence-corrected chi connectivity index (χ2v) is 4.46. The van der Waals surface area contributed by atoms with Gasteiger partial charge in [-0.1, -0.05) is 18.2 Å². The van der Waals surface area contributed by atoms with Crippen LogP contribution in [0.4, 0.5) is 22.0 Å². The number of carbonyl (C=O) groups is 1. The Bertz CT molecular complexity index is 527. The molecule has 0 radical (unpaired) electrons. The van der Waals surface area contributed by atoms with Crippen LogP contribution in [0.1, 0.15) is 16.7 Å². The number of carbonyl (C=O) groups excluding carboxylic acids is 1. The fourth-order valence-corrected chi connectivity index (χ4v) is 1.88. The van der Waals surface area contributed by atoms with E-state index in [1.54, 1.807) is 23.5 Å². The maximum Gasteiger partial charge on any atom is 0.463 e. The van der Waals surface area contributed by atoms with Crippen molar-refractivity contribution in [3.05, 3.63) is 34.9 Å². The molecule has 1 aliphatic heterocycles. The highest BCUT2D eigenvalue weighted by Gasteiger charge is 2.63. The van der Waals surface area contributed by atoms with E-state index in [1.165, 1.54) is 0 Å². The van der Waals surface area contributed by atoms with Gasteiger partial charge in [0.25, 0.3) is 0 Å². The summed E-state index contributed by atoms with van der Waals surface area (Å²) in [5.74, 6) is -7.73. The van der Waals surface area contributed by atoms with E-state index in [2.05, 4.69) is 5.32 Å². The smallest absolute Gasteiger partial charge is 0.346 e. The van der Waals surface area contributed by atoms with Crippen molar-refractivity contribution in [2.75, 3.05) is 0 Å². The Balaban J connectivity index is 2.01. The molecule has 0 fully saturated rings. The number of fused-ring (bicyclic) bond motifs is 1. The Hall–Kier alpha value is -1.70. The number of benzene rings is 1. The van der Waals surface area contributed by atoms with Crippen LogP contribution >= 0.6 is 0 Å². The van der Waals surface area contributed by atoms with Crippen molar-refractivity contribution in [1.82, 2.24) is 10.6 Å². The van der Waals surface area contributed by atoms with Gasteiger partial charge in [0.1, 0.15) is 0 Å². The summed E-state index contributed by atoms with van der Waals surface area (Å²) in [6.45, 7) is 0.918. The number of hydrogen-bond donors (Lipinski definition) is 2. The lowest BCUT2D eigenvalue weighted by atomic mass is 10.1. The lowest BCUT2D eigenvalue weighted by Gasteiger charge is -2.18. The third-order valence-corrected chi connectivity index (χ3v) is 3.00. The van der Waals surface area contributed by atoms with E-state index in [0.29, 0.717) is 18.7 Å². The van der Waals surface area contributed by atoms with E-state index in [9.17, 15) is 26.7 Å². The SMILES string of the molecule is O=C(NCc1ccc2c(c1)CNC2)C(F)(F)C(F)(F)F. The first-order valence-corrected chi connectivity index (χ1v) is 5.76. The van der Waals surface area contributed by atoms with Gasteiger partial charge >= 0.3 is 18.0 Å². The second kappa shape index (κ2) is 5.01. The summed E-state index contributed by atoms with van der Waals surface area (Å²) in [5.41, 5.74) is 2.46. The van der Waals surface area contributed by atoms with Gasteiger partial charge in [-0.15, -0.1) is 0 Å². The average molecular weight is 294 g/mol. The number of hydrogen-bond acceptors (Lipinski definition) is 2. The molecule has 0 spiro atoms. The second-order valence-electron chi connectivity index (χ2n) is 4.46. The van der Waals surface area contributed by atoms with Gasteiger partial charge in [-0.2, -0.15) is 22.0 Å². The maximum absolute atomic E-state index is 12.7. The molecule has 1 heterocycles. The summed E-state index contributed by atoms with van der Waals surface area (Å²) in [4.78, 5) is 10.9. The molecule has 8 heteroatoms. The minimum atomic E-state index is -5.89. The van der Waals surface area contributed by atoms with Crippen LogP contribution in [-0.4, -0.2) is 18.0 Å². The van der Waals surface area contributed by atoms with E-state index >= 15 is 0 Å². The Labute approximate surface area is 111 Å². The monoisotopic (exact) mass is 294 g/mol. The van der Waals surface area contributed by atoms with Gasteiger partial charge in [0.05, 0.1) is 0 Å². The van der Waals surface area contributed by atoms with E-state index in [-0.39, 0.29) is 6.54 Å². The predicted octanol–water partition coefficient (Wildman–Crippen LogP) is 2.10. The van der Waals surface area contributed by atoms with E-state index < -0.39 is 18.0 Å². The van der Waals surface area contributed by atoms with Gasteiger partial charge in [-0.25, -0.2) is 0 Å². The van der Waals surface area contributed by atoms with Gasteiger partial charge in [0.15, 0.2) is 0 Å². The Morgan fingerprint density at radius 1 is 1.15 bits per heavy atom. The molecule has 1 amide bonds. The zero-order chi connectivity index (χ0) is 15.0. The van der Waals surface area contributed by atoms with Crippen molar-refractivity contribution < 1.29 is 26.7 Å². The summed E-state index contributed by atoms with van der Waals surface area (Å²) in [6, 6.07) is 5.00. The molecule has 2 N–H and O–H groups in total. The quantitative estimate of drug-likeness (QED) is 0.838. The van der Waals surface area contributed by atoms with Crippen LogP contribution in [0, 0.1) is 0 Å². The standard InChI is InChI=1S/C12H11F5N2O/c13-11(14,12(15,16)17)10(20)19-4-7-1-2-8-5-18-6-9(8)3-7/h1-3,18H,4-6H2,(H,19,20). The number of amides is 1. The van der Waals surface area contributed by atoms with E-state index in [0.717, 1.165) is 11.1 Å². The van der Waals surface area contributed by atoms with Crippen molar-refractivity contribution in [3.8, 4) is 0 Å². The molecule has 0 atom stereocenters. The van der Waals surface area contributed by atoms with Crippen LogP contribution in [-0.2, 0) is 24.4 Å². The highest BCUT2D eigenvalue weighted by molar-refractivity contribution is 5.84. The first-order chi connectivity index (χ1) is 9.22. The van der Waals surface area contributed by atoms with Crippen molar-refractivity contribution in [3.63, 3.8) is 0 Å². The molecular formula is C12H11F5N2O. The lowest BCUT2D eigenvalue weighted by molar-refractivity contribution is -0.269. The molecule has 0 unspecified atom stereocenters. The Kier molecular flexibility index (Phi) is 3.68. The number of nitrogens with one attached hydrogen (secondary N) is 2. The first-order valence-electron chi connectivity index (χ1n) is 5.76. The average Bonchev–Trinajstić information content (AvgIpc) is 2.81.